The molecule has 0 aliphatic carbocycles. The third-order valence-electron chi connectivity index (χ3n) is 5.34. The molecule has 2 aromatic rings. The summed E-state index contributed by atoms with van der Waals surface area (Å²) < 4.78 is 0. The first-order valence-corrected chi connectivity index (χ1v) is 9.61. The highest BCUT2D eigenvalue weighted by molar-refractivity contribution is 6.05. The van der Waals surface area contributed by atoms with Crippen molar-refractivity contribution < 1.29 is 14.5 Å². The van der Waals surface area contributed by atoms with Crippen LogP contribution >= 0.6 is 0 Å². The lowest BCUT2D eigenvalue weighted by Crippen LogP contribution is -2.33. The highest BCUT2D eigenvalue weighted by Crippen LogP contribution is 2.37. The van der Waals surface area contributed by atoms with Gasteiger partial charge in [-0.15, -0.1) is 0 Å². The standard InChI is InChI=1S/C19H21N7O4/c1-10-4-5-11(8-13(10)26(29)30)21-18(28)12-9-14(27)22-17-15(12)16(20)23-19(24-17)25-6-2-3-7-25/h4-5,8,12H,2-3,6-7,9H2,1H3,(H,21,28)(H3,20,22,23,24,27). The van der Waals surface area contributed by atoms with Gasteiger partial charge in [-0.2, -0.15) is 9.97 Å². The van der Waals surface area contributed by atoms with E-state index in [1.807, 2.05) is 4.90 Å². The first kappa shape index (κ1) is 19.6. The van der Waals surface area contributed by atoms with Gasteiger partial charge in [-0.1, -0.05) is 6.07 Å². The van der Waals surface area contributed by atoms with Crippen molar-refractivity contribution in [3.05, 3.63) is 39.4 Å². The summed E-state index contributed by atoms with van der Waals surface area (Å²) in [5.41, 5.74) is 7.16. The molecule has 11 nitrogen and oxygen atoms in total. The number of carbonyl (C=O) groups excluding carboxylic acids is 2. The van der Waals surface area contributed by atoms with Gasteiger partial charge in [0.1, 0.15) is 11.6 Å². The van der Waals surface area contributed by atoms with Crippen LogP contribution in [0.1, 0.15) is 36.3 Å². The van der Waals surface area contributed by atoms with Gasteiger partial charge >= 0.3 is 0 Å². The van der Waals surface area contributed by atoms with E-state index in [2.05, 4.69) is 20.6 Å². The molecule has 1 atom stereocenters. The molecule has 2 amide bonds. The molecule has 0 radical (unpaired) electrons. The van der Waals surface area contributed by atoms with Crippen molar-refractivity contribution in [1.29, 1.82) is 0 Å². The summed E-state index contributed by atoms with van der Waals surface area (Å²) in [6.07, 6.45) is 1.93. The molecule has 3 heterocycles. The molecule has 4 N–H and O–H groups in total. The van der Waals surface area contributed by atoms with Crippen LogP contribution in [0.5, 0.6) is 0 Å². The number of amides is 2. The second-order valence-corrected chi connectivity index (χ2v) is 7.42. The molecule has 0 bridgehead atoms. The molecule has 156 valence electrons. The van der Waals surface area contributed by atoms with Crippen LogP contribution in [0.4, 0.5) is 29.0 Å². The molecule has 1 saturated heterocycles. The van der Waals surface area contributed by atoms with Crippen molar-refractivity contribution in [2.75, 3.05) is 34.4 Å². The van der Waals surface area contributed by atoms with Crippen molar-refractivity contribution in [2.24, 2.45) is 0 Å². The van der Waals surface area contributed by atoms with E-state index < -0.39 is 16.7 Å². The zero-order valence-electron chi connectivity index (χ0n) is 16.3. The van der Waals surface area contributed by atoms with Crippen LogP contribution in [0.2, 0.25) is 0 Å². The number of aryl methyl sites for hydroxylation is 1. The minimum atomic E-state index is -0.901. The summed E-state index contributed by atoms with van der Waals surface area (Å²) in [7, 11) is 0. The quantitative estimate of drug-likeness (QED) is 0.509. The number of rotatable bonds is 4. The number of carbonyl (C=O) groups is 2. The molecule has 1 aromatic heterocycles. The predicted octanol–water partition coefficient (Wildman–Crippen LogP) is 1.94. The maximum Gasteiger partial charge on any atom is 0.274 e. The van der Waals surface area contributed by atoms with Gasteiger partial charge in [0.15, 0.2) is 0 Å². The molecule has 0 spiro atoms. The zero-order chi connectivity index (χ0) is 21.4. The van der Waals surface area contributed by atoms with Crippen molar-refractivity contribution in [3.8, 4) is 0 Å². The zero-order valence-corrected chi connectivity index (χ0v) is 16.3. The monoisotopic (exact) mass is 411 g/mol. The highest BCUT2D eigenvalue weighted by atomic mass is 16.6. The molecular formula is C19H21N7O4. The number of hydrogen-bond acceptors (Lipinski definition) is 8. The Labute approximate surface area is 171 Å². The molecule has 0 saturated carbocycles. The van der Waals surface area contributed by atoms with E-state index in [9.17, 15) is 19.7 Å². The summed E-state index contributed by atoms with van der Waals surface area (Å²) in [5, 5.41) is 16.5. The topological polar surface area (TPSA) is 156 Å². The van der Waals surface area contributed by atoms with E-state index in [-0.39, 0.29) is 35.3 Å². The first-order valence-electron chi connectivity index (χ1n) is 9.61. The number of nitro benzene ring substituents is 1. The van der Waals surface area contributed by atoms with Crippen molar-refractivity contribution in [2.45, 2.75) is 32.1 Å². The molecule has 1 fully saturated rings. The molecule has 2 aliphatic heterocycles. The summed E-state index contributed by atoms with van der Waals surface area (Å²) in [6.45, 7) is 3.23. The SMILES string of the molecule is Cc1ccc(NC(=O)C2CC(=O)Nc3nc(N4CCCC4)nc(N)c32)cc1[N+](=O)[O-]. The highest BCUT2D eigenvalue weighted by Gasteiger charge is 2.35. The van der Waals surface area contributed by atoms with E-state index in [4.69, 9.17) is 5.73 Å². The number of aromatic nitrogens is 2. The van der Waals surface area contributed by atoms with Crippen LogP contribution in [0.25, 0.3) is 0 Å². The average molecular weight is 411 g/mol. The van der Waals surface area contributed by atoms with Crippen LogP contribution in [0, 0.1) is 17.0 Å². The number of anilines is 4. The number of nitrogens with zero attached hydrogens (tertiary/aromatic N) is 4. The van der Waals surface area contributed by atoms with E-state index in [0.29, 0.717) is 17.1 Å². The molecule has 1 aromatic carbocycles. The normalized spacial score (nSPS) is 18.0. The lowest BCUT2D eigenvalue weighted by Gasteiger charge is -2.26. The van der Waals surface area contributed by atoms with Crippen LogP contribution in [-0.4, -0.2) is 39.8 Å². The summed E-state index contributed by atoms with van der Waals surface area (Å²) >= 11 is 0. The van der Waals surface area contributed by atoms with Crippen molar-refractivity contribution in [1.82, 2.24) is 9.97 Å². The van der Waals surface area contributed by atoms with Gasteiger partial charge in [0.2, 0.25) is 17.8 Å². The predicted molar refractivity (Wildman–Crippen MR) is 110 cm³/mol. The number of nitrogens with one attached hydrogen (secondary N) is 2. The van der Waals surface area contributed by atoms with E-state index in [0.717, 1.165) is 25.9 Å². The Bertz CT molecular complexity index is 1050. The van der Waals surface area contributed by atoms with E-state index >= 15 is 0 Å². The summed E-state index contributed by atoms with van der Waals surface area (Å²) in [5.74, 6) is -0.967. The number of hydrogen-bond donors (Lipinski definition) is 3. The fourth-order valence-electron chi connectivity index (χ4n) is 3.78. The Hall–Kier alpha value is -3.76. The molecule has 1 unspecified atom stereocenters. The van der Waals surface area contributed by atoms with Crippen molar-refractivity contribution >= 4 is 40.8 Å². The Morgan fingerprint density at radius 2 is 2.07 bits per heavy atom. The van der Waals surface area contributed by atoms with Crippen LogP contribution in [-0.2, 0) is 9.59 Å². The number of nitrogens with two attached hydrogens (primary N) is 1. The number of benzene rings is 1. The van der Waals surface area contributed by atoms with E-state index in [1.54, 1.807) is 19.1 Å². The summed E-state index contributed by atoms with van der Waals surface area (Å²) in [4.78, 5) is 46.6. The fourth-order valence-corrected chi connectivity index (χ4v) is 3.78. The summed E-state index contributed by atoms with van der Waals surface area (Å²) in [6, 6.07) is 4.41. The van der Waals surface area contributed by atoms with Gasteiger partial charge in [-0.25, -0.2) is 0 Å². The van der Waals surface area contributed by atoms with Crippen molar-refractivity contribution in [3.63, 3.8) is 0 Å². The maximum absolute atomic E-state index is 13.0. The molecule has 2 aliphatic rings. The van der Waals surface area contributed by atoms with Gasteiger partial charge in [0.25, 0.3) is 5.69 Å². The van der Waals surface area contributed by atoms with Crippen LogP contribution in [0.3, 0.4) is 0 Å². The fraction of sp³-hybridized carbons (Fsp3) is 0.368. The molecule has 30 heavy (non-hydrogen) atoms. The van der Waals surface area contributed by atoms with Gasteiger partial charge in [-0.3, -0.25) is 19.7 Å². The van der Waals surface area contributed by atoms with Gasteiger partial charge in [0.05, 0.1) is 16.4 Å². The van der Waals surface area contributed by atoms with Crippen LogP contribution in [0.15, 0.2) is 18.2 Å². The smallest absolute Gasteiger partial charge is 0.274 e. The second-order valence-electron chi connectivity index (χ2n) is 7.42. The second kappa shape index (κ2) is 7.58. The van der Waals surface area contributed by atoms with E-state index in [1.165, 1.54) is 6.07 Å². The first-order chi connectivity index (χ1) is 14.3. The Morgan fingerprint density at radius 1 is 1.33 bits per heavy atom. The number of fused-ring (bicyclic) bond motifs is 1. The Morgan fingerprint density at radius 3 is 2.77 bits per heavy atom. The third-order valence-corrected chi connectivity index (χ3v) is 5.34. The number of nitro groups is 1. The van der Waals surface area contributed by atoms with Crippen LogP contribution < -0.4 is 21.3 Å². The lowest BCUT2D eigenvalue weighted by atomic mass is 9.91. The van der Waals surface area contributed by atoms with Gasteiger partial charge in [-0.05, 0) is 25.8 Å². The molecule has 11 heteroatoms. The molecule has 4 rings (SSSR count). The van der Waals surface area contributed by atoms with Gasteiger partial charge in [0, 0.05) is 36.8 Å². The third kappa shape index (κ3) is 3.61. The minimum Gasteiger partial charge on any atom is -0.383 e. The van der Waals surface area contributed by atoms with Gasteiger partial charge < -0.3 is 21.3 Å². The Balaban J connectivity index is 1.64. The Kier molecular flexibility index (Phi) is 4.94. The largest absolute Gasteiger partial charge is 0.383 e. The minimum absolute atomic E-state index is 0.104. The lowest BCUT2D eigenvalue weighted by molar-refractivity contribution is -0.385. The number of nitrogen functional groups attached to an aromatic ring is 1. The maximum atomic E-state index is 13.0. The molecular weight excluding hydrogens is 390 g/mol. The average Bonchev–Trinajstić information content (AvgIpc) is 3.23.